The molecule has 6 nitrogen and oxygen atoms in total. The van der Waals surface area contributed by atoms with Gasteiger partial charge in [-0.05, 0) is 25.0 Å². The van der Waals surface area contributed by atoms with Crippen molar-refractivity contribution in [2.24, 2.45) is 0 Å². The number of methoxy groups -OCH3 is 2. The van der Waals surface area contributed by atoms with Crippen LogP contribution >= 0.6 is 0 Å². The molecule has 1 aromatic heterocycles. The third kappa shape index (κ3) is 3.77. The molecule has 2 aromatic rings. The van der Waals surface area contributed by atoms with Gasteiger partial charge < -0.3 is 14.2 Å². The summed E-state index contributed by atoms with van der Waals surface area (Å²) in [6.45, 7) is 3.97. The number of aromatic nitrogens is 2. The molecular formula is C17H20N2O4. The van der Waals surface area contributed by atoms with E-state index in [1.54, 1.807) is 13.0 Å². The zero-order chi connectivity index (χ0) is 16.8. The molecule has 0 fully saturated rings. The molecule has 0 N–H and O–H groups in total. The van der Waals surface area contributed by atoms with E-state index < -0.39 is 11.9 Å². The van der Waals surface area contributed by atoms with Crippen molar-refractivity contribution in [2.45, 2.75) is 19.8 Å². The molecule has 0 radical (unpaired) electrons. The van der Waals surface area contributed by atoms with Crippen LogP contribution in [-0.2, 0) is 9.53 Å². The average Bonchev–Trinajstić information content (AvgIpc) is 2.56. The molecule has 0 spiro atoms. The third-order valence-corrected chi connectivity index (χ3v) is 3.39. The number of rotatable bonds is 6. The maximum absolute atomic E-state index is 12.5. The summed E-state index contributed by atoms with van der Waals surface area (Å²) in [7, 11) is 3.00. The zero-order valence-corrected chi connectivity index (χ0v) is 13.7. The molecule has 0 aliphatic rings. The lowest BCUT2D eigenvalue weighted by Gasteiger charge is -2.17. The average molecular weight is 316 g/mol. The van der Waals surface area contributed by atoms with Crippen molar-refractivity contribution in [2.75, 3.05) is 20.8 Å². The first-order valence-electron chi connectivity index (χ1n) is 7.29. The quantitative estimate of drug-likeness (QED) is 0.763. The van der Waals surface area contributed by atoms with Crippen LogP contribution in [0, 0.1) is 6.92 Å². The number of hydrogen-bond donors (Lipinski definition) is 0. The standard InChI is InChI=1S/C17H20N2O4/c1-5-23-17(20)15(12-9-7-6-8-11(12)2)16-18-13(21-3)10-14(19-16)22-4/h6-10,15H,5H2,1-4H3. The minimum absolute atomic E-state index is 0.280. The molecule has 1 atom stereocenters. The van der Waals surface area contributed by atoms with Gasteiger partial charge in [0.25, 0.3) is 0 Å². The lowest BCUT2D eigenvalue weighted by Crippen LogP contribution is -2.21. The highest BCUT2D eigenvalue weighted by Gasteiger charge is 2.29. The molecule has 1 unspecified atom stereocenters. The first-order valence-corrected chi connectivity index (χ1v) is 7.29. The summed E-state index contributed by atoms with van der Waals surface area (Å²) in [5.41, 5.74) is 1.75. The number of nitrogens with zero attached hydrogens (tertiary/aromatic N) is 2. The molecule has 122 valence electrons. The SMILES string of the molecule is CCOC(=O)C(c1nc(OC)cc(OC)n1)c1ccccc1C. The smallest absolute Gasteiger partial charge is 0.321 e. The zero-order valence-electron chi connectivity index (χ0n) is 13.7. The number of aryl methyl sites for hydroxylation is 1. The predicted molar refractivity (Wildman–Crippen MR) is 84.8 cm³/mol. The van der Waals surface area contributed by atoms with E-state index >= 15 is 0 Å². The molecule has 23 heavy (non-hydrogen) atoms. The van der Waals surface area contributed by atoms with Crippen LogP contribution in [0.3, 0.4) is 0 Å². The van der Waals surface area contributed by atoms with Gasteiger partial charge in [0.1, 0.15) is 5.92 Å². The van der Waals surface area contributed by atoms with Crippen LogP contribution in [0.1, 0.15) is 29.8 Å². The Morgan fingerprint density at radius 1 is 1.13 bits per heavy atom. The van der Waals surface area contributed by atoms with Gasteiger partial charge in [0, 0.05) is 0 Å². The molecule has 0 saturated heterocycles. The van der Waals surface area contributed by atoms with Crippen LogP contribution in [0.4, 0.5) is 0 Å². The van der Waals surface area contributed by atoms with Crippen LogP contribution in [0.5, 0.6) is 11.8 Å². The van der Waals surface area contributed by atoms with Crippen molar-refractivity contribution in [1.82, 2.24) is 9.97 Å². The summed E-state index contributed by atoms with van der Waals surface area (Å²) in [5.74, 6) is -0.198. The van der Waals surface area contributed by atoms with Crippen LogP contribution in [0.2, 0.25) is 0 Å². The van der Waals surface area contributed by atoms with Crippen molar-refractivity contribution in [3.05, 3.63) is 47.3 Å². The monoisotopic (exact) mass is 316 g/mol. The Morgan fingerprint density at radius 2 is 1.74 bits per heavy atom. The summed E-state index contributed by atoms with van der Waals surface area (Å²) in [5, 5.41) is 0. The van der Waals surface area contributed by atoms with Gasteiger partial charge in [-0.25, -0.2) is 0 Å². The van der Waals surface area contributed by atoms with Crippen molar-refractivity contribution in [3.63, 3.8) is 0 Å². The number of hydrogen-bond acceptors (Lipinski definition) is 6. The first kappa shape index (κ1) is 16.7. The molecule has 0 bridgehead atoms. The lowest BCUT2D eigenvalue weighted by molar-refractivity contribution is -0.144. The Bertz CT molecular complexity index is 666. The van der Waals surface area contributed by atoms with E-state index in [0.717, 1.165) is 11.1 Å². The minimum atomic E-state index is -0.736. The third-order valence-electron chi connectivity index (χ3n) is 3.39. The molecule has 0 aliphatic carbocycles. The fourth-order valence-electron chi connectivity index (χ4n) is 2.27. The summed E-state index contributed by atoms with van der Waals surface area (Å²) in [6, 6.07) is 9.13. The van der Waals surface area contributed by atoms with E-state index in [2.05, 4.69) is 9.97 Å². The molecule has 0 aliphatic heterocycles. The van der Waals surface area contributed by atoms with E-state index in [9.17, 15) is 4.79 Å². The van der Waals surface area contributed by atoms with Crippen LogP contribution in [-0.4, -0.2) is 36.8 Å². The van der Waals surface area contributed by atoms with Crippen molar-refractivity contribution >= 4 is 5.97 Å². The number of ether oxygens (including phenoxy) is 3. The number of carbonyl (C=O) groups excluding carboxylic acids is 1. The first-order chi connectivity index (χ1) is 11.1. The van der Waals surface area contributed by atoms with Crippen molar-refractivity contribution in [1.29, 1.82) is 0 Å². The van der Waals surface area contributed by atoms with Crippen LogP contribution in [0.15, 0.2) is 30.3 Å². The fraction of sp³-hybridized carbons (Fsp3) is 0.353. The summed E-state index contributed by atoms with van der Waals surface area (Å²) < 4.78 is 15.6. The maximum Gasteiger partial charge on any atom is 0.321 e. The highest BCUT2D eigenvalue weighted by Crippen LogP contribution is 2.29. The summed E-state index contributed by atoms with van der Waals surface area (Å²) >= 11 is 0. The normalized spacial score (nSPS) is 11.7. The number of benzene rings is 1. The van der Waals surface area contributed by atoms with Gasteiger partial charge in [-0.1, -0.05) is 24.3 Å². The maximum atomic E-state index is 12.5. The topological polar surface area (TPSA) is 70.5 Å². The largest absolute Gasteiger partial charge is 0.481 e. The Morgan fingerprint density at radius 3 is 2.26 bits per heavy atom. The highest BCUT2D eigenvalue weighted by atomic mass is 16.5. The second-order valence-corrected chi connectivity index (χ2v) is 4.85. The Hall–Kier alpha value is -2.63. The Balaban J connectivity index is 2.58. The van der Waals surface area contributed by atoms with Crippen LogP contribution < -0.4 is 9.47 Å². The number of carbonyl (C=O) groups is 1. The van der Waals surface area contributed by atoms with Crippen LogP contribution in [0.25, 0.3) is 0 Å². The Labute approximate surface area is 135 Å². The van der Waals surface area contributed by atoms with Gasteiger partial charge in [0.05, 0.1) is 26.9 Å². The summed E-state index contributed by atoms with van der Waals surface area (Å²) in [4.78, 5) is 21.1. The van der Waals surface area contributed by atoms with E-state index in [4.69, 9.17) is 14.2 Å². The van der Waals surface area contributed by atoms with Crippen molar-refractivity contribution < 1.29 is 19.0 Å². The van der Waals surface area contributed by atoms with Gasteiger partial charge in [-0.3, -0.25) is 4.79 Å². The number of esters is 1. The molecule has 2 rings (SSSR count). The van der Waals surface area contributed by atoms with Crippen molar-refractivity contribution in [3.8, 4) is 11.8 Å². The molecule has 0 saturated carbocycles. The second kappa shape index (κ2) is 7.58. The fourth-order valence-corrected chi connectivity index (χ4v) is 2.27. The van der Waals surface area contributed by atoms with Gasteiger partial charge in [-0.2, -0.15) is 9.97 Å². The van der Waals surface area contributed by atoms with Gasteiger partial charge >= 0.3 is 5.97 Å². The van der Waals surface area contributed by atoms with E-state index in [1.807, 2.05) is 31.2 Å². The van der Waals surface area contributed by atoms with E-state index in [0.29, 0.717) is 11.8 Å². The van der Waals surface area contributed by atoms with Gasteiger partial charge in [-0.15, -0.1) is 0 Å². The summed E-state index contributed by atoms with van der Waals surface area (Å²) in [6.07, 6.45) is 0. The molecule has 1 heterocycles. The molecule has 0 amide bonds. The molecular weight excluding hydrogens is 296 g/mol. The van der Waals surface area contributed by atoms with E-state index in [-0.39, 0.29) is 12.4 Å². The molecule has 1 aromatic carbocycles. The lowest BCUT2D eigenvalue weighted by atomic mass is 9.94. The van der Waals surface area contributed by atoms with Gasteiger partial charge in [0.2, 0.25) is 11.8 Å². The molecule has 6 heteroatoms. The van der Waals surface area contributed by atoms with E-state index in [1.165, 1.54) is 14.2 Å². The highest BCUT2D eigenvalue weighted by molar-refractivity contribution is 5.81. The predicted octanol–water partition coefficient (Wildman–Crippen LogP) is 2.50. The van der Waals surface area contributed by atoms with Gasteiger partial charge in [0.15, 0.2) is 5.82 Å². The minimum Gasteiger partial charge on any atom is -0.481 e. The Kier molecular flexibility index (Phi) is 5.51. The second-order valence-electron chi connectivity index (χ2n) is 4.85.